The second-order valence-corrected chi connectivity index (χ2v) is 7.43. The lowest BCUT2D eigenvalue weighted by Crippen LogP contribution is -1.99. The molecule has 0 atom stereocenters. The summed E-state index contributed by atoms with van der Waals surface area (Å²) in [5.41, 5.74) is 10.00. The molecule has 0 spiro atoms. The number of rotatable bonds is 2. The number of fused-ring (bicyclic) bond motifs is 1. The van der Waals surface area contributed by atoms with Crippen LogP contribution < -0.4 is 5.73 Å². The highest BCUT2D eigenvalue weighted by Gasteiger charge is 2.12. The van der Waals surface area contributed by atoms with E-state index in [9.17, 15) is 0 Å². The summed E-state index contributed by atoms with van der Waals surface area (Å²) < 4.78 is 1.08. The Morgan fingerprint density at radius 2 is 1.70 bits per heavy atom. The van der Waals surface area contributed by atoms with E-state index in [0.29, 0.717) is 0 Å². The van der Waals surface area contributed by atoms with Crippen LogP contribution in [0, 0.1) is 0 Å². The second kappa shape index (κ2) is 5.72. The highest BCUT2D eigenvalue weighted by atomic mass is 79.9. The SMILES string of the molecule is Nc1nc(-c2ccccc2)c2nc(-c3ccc(Br)s3)ccc2n1. The Hall–Kier alpha value is -2.31. The van der Waals surface area contributed by atoms with Crippen molar-refractivity contribution in [2.75, 3.05) is 5.73 Å². The Kier molecular flexibility index (Phi) is 3.55. The van der Waals surface area contributed by atoms with Crippen molar-refractivity contribution >= 4 is 44.2 Å². The average molecular weight is 383 g/mol. The van der Waals surface area contributed by atoms with Crippen molar-refractivity contribution < 1.29 is 0 Å². The van der Waals surface area contributed by atoms with E-state index in [1.54, 1.807) is 11.3 Å². The van der Waals surface area contributed by atoms with Gasteiger partial charge >= 0.3 is 0 Å². The van der Waals surface area contributed by atoms with Crippen LogP contribution in [-0.4, -0.2) is 15.0 Å². The molecule has 0 aliphatic rings. The normalized spacial score (nSPS) is 11.0. The summed E-state index contributed by atoms with van der Waals surface area (Å²) >= 11 is 5.13. The topological polar surface area (TPSA) is 64.7 Å². The molecule has 0 unspecified atom stereocenters. The van der Waals surface area contributed by atoms with Gasteiger partial charge in [0.25, 0.3) is 0 Å². The third-order valence-corrected chi connectivity index (χ3v) is 5.08. The van der Waals surface area contributed by atoms with Gasteiger partial charge in [0.1, 0.15) is 11.2 Å². The predicted octanol–water partition coefficient (Wildman–Crippen LogP) is 4.77. The molecule has 0 amide bonds. The van der Waals surface area contributed by atoms with Gasteiger partial charge in [-0.15, -0.1) is 11.3 Å². The molecule has 4 aromatic rings. The summed E-state index contributed by atoms with van der Waals surface area (Å²) in [6.45, 7) is 0. The molecule has 3 aromatic heterocycles. The van der Waals surface area contributed by atoms with Gasteiger partial charge in [-0.2, -0.15) is 0 Å². The van der Waals surface area contributed by atoms with Gasteiger partial charge in [-0.25, -0.2) is 15.0 Å². The quantitative estimate of drug-likeness (QED) is 0.542. The largest absolute Gasteiger partial charge is 0.368 e. The molecule has 0 saturated heterocycles. The smallest absolute Gasteiger partial charge is 0.221 e. The van der Waals surface area contributed by atoms with Crippen LogP contribution in [0.5, 0.6) is 0 Å². The lowest BCUT2D eigenvalue weighted by molar-refractivity contribution is 1.22. The predicted molar refractivity (Wildman–Crippen MR) is 98.2 cm³/mol. The molecule has 112 valence electrons. The Balaban J connectivity index is 1.98. The average Bonchev–Trinajstić information content (AvgIpc) is 3.01. The molecule has 0 aliphatic carbocycles. The van der Waals surface area contributed by atoms with Crippen LogP contribution in [0.4, 0.5) is 5.95 Å². The first-order chi connectivity index (χ1) is 11.2. The lowest BCUT2D eigenvalue weighted by atomic mass is 10.1. The number of benzene rings is 1. The molecule has 0 saturated carbocycles. The molecule has 4 nitrogen and oxygen atoms in total. The fourth-order valence-electron chi connectivity index (χ4n) is 2.42. The monoisotopic (exact) mass is 382 g/mol. The summed E-state index contributed by atoms with van der Waals surface area (Å²) in [5.74, 6) is 0.254. The molecular weight excluding hydrogens is 372 g/mol. The van der Waals surface area contributed by atoms with E-state index in [2.05, 4.69) is 25.9 Å². The molecule has 0 aliphatic heterocycles. The van der Waals surface area contributed by atoms with Gasteiger partial charge in [0.15, 0.2) is 0 Å². The van der Waals surface area contributed by atoms with E-state index in [1.807, 2.05) is 54.6 Å². The number of anilines is 1. The molecule has 0 bridgehead atoms. The fourth-order valence-corrected chi connectivity index (χ4v) is 3.77. The molecule has 1 aromatic carbocycles. The number of hydrogen-bond donors (Lipinski definition) is 1. The minimum Gasteiger partial charge on any atom is -0.368 e. The van der Waals surface area contributed by atoms with E-state index in [4.69, 9.17) is 10.7 Å². The van der Waals surface area contributed by atoms with Gasteiger partial charge < -0.3 is 5.73 Å². The minimum absolute atomic E-state index is 0.254. The Labute approximate surface area is 145 Å². The van der Waals surface area contributed by atoms with Gasteiger partial charge in [0, 0.05) is 5.56 Å². The molecule has 6 heteroatoms. The maximum absolute atomic E-state index is 5.86. The highest BCUT2D eigenvalue weighted by Crippen LogP contribution is 2.32. The Morgan fingerprint density at radius 1 is 0.870 bits per heavy atom. The molecule has 23 heavy (non-hydrogen) atoms. The third kappa shape index (κ3) is 2.71. The van der Waals surface area contributed by atoms with Crippen molar-refractivity contribution in [3.63, 3.8) is 0 Å². The number of pyridine rings is 1. The zero-order chi connectivity index (χ0) is 15.8. The molecule has 0 radical (unpaired) electrons. The van der Waals surface area contributed by atoms with E-state index in [-0.39, 0.29) is 5.95 Å². The minimum atomic E-state index is 0.254. The standard InChI is InChI=1S/C17H11BrN4S/c18-14-9-8-13(23-14)11-6-7-12-16(20-11)15(22-17(19)21-12)10-4-2-1-3-5-10/h1-9H,(H2,19,21,22). The number of halogens is 1. The van der Waals surface area contributed by atoms with Gasteiger partial charge in [-0.05, 0) is 40.2 Å². The first kappa shape index (κ1) is 14.3. The number of nitrogens with two attached hydrogens (primary N) is 1. The lowest BCUT2D eigenvalue weighted by Gasteiger charge is -2.07. The maximum atomic E-state index is 5.86. The zero-order valence-electron chi connectivity index (χ0n) is 11.9. The van der Waals surface area contributed by atoms with Crippen LogP contribution in [0.15, 0.2) is 58.4 Å². The van der Waals surface area contributed by atoms with Gasteiger partial charge in [-0.1, -0.05) is 30.3 Å². The van der Waals surface area contributed by atoms with Crippen LogP contribution in [0.1, 0.15) is 0 Å². The van der Waals surface area contributed by atoms with Crippen molar-refractivity contribution in [3.05, 3.63) is 58.4 Å². The van der Waals surface area contributed by atoms with Crippen LogP contribution in [0.25, 0.3) is 32.9 Å². The first-order valence-corrected chi connectivity index (χ1v) is 8.57. The highest BCUT2D eigenvalue weighted by molar-refractivity contribution is 9.11. The van der Waals surface area contributed by atoms with Crippen molar-refractivity contribution in [3.8, 4) is 21.8 Å². The number of nitrogen functional groups attached to an aromatic ring is 1. The van der Waals surface area contributed by atoms with Crippen LogP contribution >= 0.6 is 27.3 Å². The second-order valence-electron chi connectivity index (χ2n) is 4.96. The van der Waals surface area contributed by atoms with E-state index < -0.39 is 0 Å². The molecule has 3 heterocycles. The van der Waals surface area contributed by atoms with Gasteiger partial charge in [0.05, 0.1) is 19.9 Å². The summed E-state index contributed by atoms with van der Waals surface area (Å²) in [4.78, 5) is 14.6. The third-order valence-electron chi connectivity index (χ3n) is 3.43. The van der Waals surface area contributed by atoms with Gasteiger partial charge in [-0.3, -0.25) is 0 Å². The first-order valence-electron chi connectivity index (χ1n) is 6.96. The van der Waals surface area contributed by atoms with E-state index in [1.165, 1.54) is 0 Å². The van der Waals surface area contributed by atoms with Crippen LogP contribution in [-0.2, 0) is 0 Å². The van der Waals surface area contributed by atoms with E-state index in [0.717, 1.165) is 36.6 Å². The summed E-state index contributed by atoms with van der Waals surface area (Å²) in [5, 5.41) is 0. The number of hydrogen-bond acceptors (Lipinski definition) is 5. The van der Waals surface area contributed by atoms with Crippen molar-refractivity contribution in [1.82, 2.24) is 15.0 Å². The van der Waals surface area contributed by atoms with Crippen LogP contribution in [0.2, 0.25) is 0 Å². The number of aromatic nitrogens is 3. The fraction of sp³-hybridized carbons (Fsp3) is 0. The van der Waals surface area contributed by atoms with Crippen LogP contribution in [0.3, 0.4) is 0 Å². The summed E-state index contributed by atoms with van der Waals surface area (Å²) in [6.07, 6.45) is 0. The number of nitrogens with zero attached hydrogens (tertiary/aromatic N) is 3. The van der Waals surface area contributed by atoms with E-state index >= 15 is 0 Å². The maximum Gasteiger partial charge on any atom is 0.221 e. The number of thiophene rings is 1. The molecule has 4 rings (SSSR count). The molecule has 2 N–H and O–H groups in total. The Bertz CT molecular complexity index is 998. The summed E-state index contributed by atoms with van der Waals surface area (Å²) in [6, 6.07) is 17.9. The summed E-state index contributed by atoms with van der Waals surface area (Å²) in [7, 11) is 0. The molecular formula is C17H11BrN4S. The Morgan fingerprint density at radius 3 is 2.43 bits per heavy atom. The van der Waals surface area contributed by atoms with Gasteiger partial charge in [0.2, 0.25) is 5.95 Å². The van der Waals surface area contributed by atoms with Crippen molar-refractivity contribution in [2.24, 2.45) is 0 Å². The zero-order valence-corrected chi connectivity index (χ0v) is 14.3. The molecule has 0 fully saturated rings. The van der Waals surface area contributed by atoms with Crippen molar-refractivity contribution in [2.45, 2.75) is 0 Å². The van der Waals surface area contributed by atoms with Crippen molar-refractivity contribution in [1.29, 1.82) is 0 Å².